The lowest BCUT2D eigenvalue weighted by molar-refractivity contribution is -0.123. The van der Waals surface area contributed by atoms with Crippen LogP contribution in [0.1, 0.15) is 51.6 Å². The summed E-state index contributed by atoms with van der Waals surface area (Å²) < 4.78 is 16.6. The molecule has 8 nitrogen and oxygen atoms in total. The van der Waals surface area contributed by atoms with Gasteiger partial charge in [0.15, 0.2) is 6.61 Å². The van der Waals surface area contributed by atoms with Crippen LogP contribution in [-0.2, 0) is 4.79 Å². The molecule has 0 spiro atoms. The molecule has 0 aliphatic heterocycles. The van der Waals surface area contributed by atoms with E-state index in [1.165, 1.54) is 48.7 Å². The highest BCUT2D eigenvalue weighted by molar-refractivity contribution is 6.31. The normalized spacial score (nSPS) is 10.9. The van der Waals surface area contributed by atoms with Gasteiger partial charge >= 0.3 is 11.9 Å². The van der Waals surface area contributed by atoms with Gasteiger partial charge in [-0.25, -0.2) is 15.0 Å². The summed E-state index contributed by atoms with van der Waals surface area (Å²) in [5.74, 6) is -0.705. The van der Waals surface area contributed by atoms with E-state index < -0.39 is 17.8 Å². The number of hydrogen-bond donors (Lipinski definition) is 1. The number of hydrazone groups is 1. The third-order valence-electron chi connectivity index (χ3n) is 5.87. The molecule has 0 aliphatic carbocycles. The summed E-state index contributed by atoms with van der Waals surface area (Å²) in [5.41, 5.74) is 4.40. The Bertz CT molecular complexity index is 1590. The second kappa shape index (κ2) is 14.3. The highest BCUT2D eigenvalue weighted by Gasteiger charge is 2.15. The van der Waals surface area contributed by atoms with Crippen molar-refractivity contribution >= 4 is 47.3 Å². The van der Waals surface area contributed by atoms with Gasteiger partial charge in [-0.05, 0) is 84.3 Å². The van der Waals surface area contributed by atoms with Crippen LogP contribution >= 0.6 is 23.2 Å². The Labute approximate surface area is 252 Å². The molecule has 0 unspecified atom stereocenters. The van der Waals surface area contributed by atoms with Gasteiger partial charge in [0, 0.05) is 21.7 Å². The Morgan fingerprint density at radius 3 is 1.88 bits per heavy atom. The summed E-state index contributed by atoms with van der Waals surface area (Å²) in [7, 11) is 0. The van der Waals surface area contributed by atoms with Crippen LogP contribution in [0.4, 0.5) is 0 Å². The summed E-state index contributed by atoms with van der Waals surface area (Å²) in [5, 5.41) is 4.89. The van der Waals surface area contributed by atoms with E-state index >= 15 is 0 Å². The summed E-state index contributed by atoms with van der Waals surface area (Å²) in [6.45, 7) is 3.93. The van der Waals surface area contributed by atoms with Crippen LogP contribution in [-0.4, -0.2) is 30.7 Å². The first-order chi connectivity index (χ1) is 20.2. The third kappa shape index (κ3) is 8.67. The monoisotopic (exact) mass is 604 g/mol. The Morgan fingerprint density at radius 2 is 1.31 bits per heavy atom. The minimum atomic E-state index is -0.677. The molecule has 0 fully saturated rings. The molecule has 0 heterocycles. The van der Waals surface area contributed by atoms with E-state index in [0.29, 0.717) is 27.3 Å². The number of benzene rings is 4. The highest BCUT2D eigenvalue weighted by Crippen LogP contribution is 2.26. The number of esters is 2. The molecule has 10 heteroatoms. The van der Waals surface area contributed by atoms with E-state index in [0.717, 1.165) is 5.56 Å². The van der Waals surface area contributed by atoms with Crippen molar-refractivity contribution in [3.05, 3.63) is 123 Å². The van der Waals surface area contributed by atoms with Crippen molar-refractivity contribution in [3.8, 4) is 17.2 Å². The number of carbonyl (C=O) groups excluding carboxylic acids is 3. The first-order valence-electron chi connectivity index (χ1n) is 12.8. The number of rotatable bonds is 10. The van der Waals surface area contributed by atoms with Gasteiger partial charge in [-0.15, -0.1) is 0 Å². The van der Waals surface area contributed by atoms with Crippen LogP contribution in [0.3, 0.4) is 0 Å². The van der Waals surface area contributed by atoms with Gasteiger partial charge in [0.2, 0.25) is 0 Å². The highest BCUT2D eigenvalue weighted by atomic mass is 35.5. The number of halogens is 2. The first kappa shape index (κ1) is 30.3. The van der Waals surface area contributed by atoms with Crippen molar-refractivity contribution in [2.45, 2.75) is 19.8 Å². The molecular weight excluding hydrogens is 579 g/mol. The maximum atomic E-state index is 12.8. The fourth-order valence-electron chi connectivity index (χ4n) is 3.57. The fourth-order valence-corrected chi connectivity index (χ4v) is 3.83. The molecule has 0 aliphatic rings. The third-order valence-corrected chi connectivity index (χ3v) is 6.37. The largest absolute Gasteiger partial charge is 0.484 e. The van der Waals surface area contributed by atoms with Gasteiger partial charge in [-0.1, -0.05) is 49.2 Å². The smallest absolute Gasteiger partial charge is 0.343 e. The van der Waals surface area contributed by atoms with Gasteiger partial charge in [-0.3, -0.25) is 4.79 Å². The number of nitrogens with one attached hydrogen (secondary N) is 1. The average molecular weight is 605 g/mol. The molecule has 4 aromatic rings. The van der Waals surface area contributed by atoms with Crippen molar-refractivity contribution in [1.82, 2.24) is 5.43 Å². The van der Waals surface area contributed by atoms with Gasteiger partial charge < -0.3 is 14.2 Å². The van der Waals surface area contributed by atoms with Gasteiger partial charge in [-0.2, -0.15) is 5.10 Å². The lowest BCUT2D eigenvalue weighted by Crippen LogP contribution is -2.24. The number of nitrogens with zero attached hydrogens (tertiary/aromatic N) is 1. The molecule has 42 heavy (non-hydrogen) atoms. The molecular formula is C32H26Cl2N2O6. The SMILES string of the molecule is CC(C)c1ccc(OCC(=O)N/N=C\c2ccc(OC(=O)c3ccc(Cl)cc3)cc2OC(=O)c2ccc(Cl)cc2)cc1. The summed E-state index contributed by atoms with van der Waals surface area (Å²) >= 11 is 11.8. The van der Waals surface area contributed by atoms with E-state index in [9.17, 15) is 14.4 Å². The molecule has 4 aromatic carbocycles. The molecule has 0 bridgehead atoms. The van der Waals surface area contributed by atoms with Crippen LogP contribution in [0.15, 0.2) is 96.1 Å². The van der Waals surface area contributed by atoms with E-state index in [-0.39, 0.29) is 29.2 Å². The standard InChI is InChI=1S/C32H26Cl2N2O6/c1-20(2)21-7-14-27(15-8-21)40-19-30(37)36-35-18-24-9-16-28(41-31(38)22-3-10-25(33)11-4-22)17-29(24)42-32(39)23-5-12-26(34)13-6-23/h3-18,20H,19H2,1-2H3,(H,36,37)/b35-18-. The quantitative estimate of drug-likeness (QED) is 0.0897. The van der Waals surface area contributed by atoms with E-state index in [1.807, 2.05) is 12.1 Å². The van der Waals surface area contributed by atoms with E-state index in [4.69, 9.17) is 37.4 Å². The number of ether oxygens (including phenoxy) is 3. The molecule has 0 saturated carbocycles. The number of carbonyl (C=O) groups is 3. The summed E-state index contributed by atoms with van der Waals surface area (Å²) in [6.07, 6.45) is 1.30. The zero-order valence-corrected chi connectivity index (χ0v) is 24.2. The minimum absolute atomic E-state index is 0.0378. The molecule has 214 valence electrons. The number of hydrogen-bond acceptors (Lipinski definition) is 7. The van der Waals surface area contributed by atoms with Crippen molar-refractivity contribution < 1.29 is 28.6 Å². The molecule has 0 aromatic heterocycles. The predicted octanol–water partition coefficient (Wildman–Crippen LogP) is 7.08. The lowest BCUT2D eigenvalue weighted by Gasteiger charge is -2.11. The zero-order chi connectivity index (χ0) is 30.1. The topological polar surface area (TPSA) is 103 Å². The van der Waals surface area contributed by atoms with Crippen molar-refractivity contribution in [3.63, 3.8) is 0 Å². The zero-order valence-electron chi connectivity index (χ0n) is 22.7. The number of amides is 1. The van der Waals surface area contributed by atoms with Crippen molar-refractivity contribution in [2.24, 2.45) is 5.10 Å². The van der Waals surface area contributed by atoms with Crippen LogP contribution in [0.2, 0.25) is 10.0 Å². The van der Waals surface area contributed by atoms with E-state index in [1.54, 1.807) is 36.4 Å². The minimum Gasteiger partial charge on any atom is -0.484 e. The molecule has 0 radical (unpaired) electrons. The molecule has 4 rings (SSSR count). The van der Waals surface area contributed by atoms with Crippen molar-refractivity contribution in [1.29, 1.82) is 0 Å². The molecule has 0 atom stereocenters. The van der Waals surface area contributed by atoms with E-state index in [2.05, 4.69) is 24.4 Å². The van der Waals surface area contributed by atoms with Gasteiger partial charge in [0.25, 0.3) is 5.91 Å². The Morgan fingerprint density at radius 1 is 0.762 bits per heavy atom. The van der Waals surface area contributed by atoms with Crippen LogP contribution in [0.5, 0.6) is 17.2 Å². The molecule has 1 amide bonds. The second-order valence-electron chi connectivity index (χ2n) is 9.30. The lowest BCUT2D eigenvalue weighted by atomic mass is 10.0. The first-order valence-corrected chi connectivity index (χ1v) is 13.6. The van der Waals surface area contributed by atoms with Gasteiger partial charge in [0.05, 0.1) is 17.3 Å². The maximum Gasteiger partial charge on any atom is 0.343 e. The Hall–Kier alpha value is -4.66. The average Bonchev–Trinajstić information content (AvgIpc) is 2.98. The summed E-state index contributed by atoms with van der Waals surface area (Å²) in [4.78, 5) is 37.7. The molecule has 0 saturated heterocycles. The Kier molecular flexibility index (Phi) is 10.3. The van der Waals surface area contributed by atoms with Crippen LogP contribution in [0, 0.1) is 0 Å². The Balaban J connectivity index is 1.46. The van der Waals surface area contributed by atoms with Crippen LogP contribution < -0.4 is 19.6 Å². The summed E-state index contributed by atoms with van der Waals surface area (Å²) in [6, 6.07) is 24.2. The van der Waals surface area contributed by atoms with Crippen LogP contribution in [0.25, 0.3) is 0 Å². The maximum absolute atomic E-state index is 12.8. The fraction of sp³-hybridized carbons (Fsp3) is 0.125. The van der Waals surface area contributed by atoms with Crippen molar-refractivity contribution in [2.75, 3.05) is 6.61 Å². The molecule has 1 N–H and O–H groups in total. The predicted molar refractivity (Wildman–Crippen MR) is 161 cm³/mol. The second-order valence-corrected chi connectivity index (χ2v) is 10.2. The van der Waals surface area contributed by atoms with Gasteiger partial charge in [0.1, 0.15) is 17.2 Å².